The Morgan fingerprint density at radius 1 is 1.44 bits per heavy atom. The molecule has 3 atom stereocenters. The third-order valence-electron chi connectivity index (χ3n) is 4.89. The van der Waals surface area contributed by atoms with Crippen LogP contribution in [0, 0.1) is 17.3 Å². The number of nitrogens with zero attached hydrogens (tertiary/aromatic N) is 1. The van der Waals surface area contributed by atoms with Crippen molar-refractivity contribution in [2.75, 3.05) is 19.6 Å². The minimum atomic E-state index is -0.341. The number of carbonyl (C=O) groups excluding carboxylic acids is 1. The van der Waals surface area contributed by atoms with E-state index in [0.29, 0.717) is 11.3 Å². The number of nitrogens with two attached hydrogens (primary N) is 2. The number of hydrogen-bond acceptors (Lipinski definition) is 3. The number of rotatable bonds is 3. The molecule has 4 heteroatoms. The summed E-state index contributed by atoms with van der Waals surface area (Å²) in [7, 11) is 0. The van der Waals surface area contributed by atoms with Crippen LogP contribution < -0.4 is 11.5 Å². The molecule has 1 saturated carbocycles. The lowest BCUT2D eigenvalue weighted by Crippen LogP contribution is -2.46. The van der Waals surface area contributed by atoms with Gasteiger partial charge in [0.25, 0.3) is 0 Å². The predicted octanol–water partition coefficient (Wildman–Crippen LogP) is 0.947. The molecule has 1 saturated heterocycles. The summed E-state index contributed by atoms with van der Waals surface area (Å²) >= 11 is 0. The topological polar surface area (TPSA) is 72.4 Å². The molecule has 4 nitrogen and oxygen atoms in total. The van der Waals surface area contributed by atoms with Crippen molar-refractivity contribution < 1.29 is 4.79 Å². The Morgan fingerprint density at radius 2 is 2.17 bits per heavy atom. The molecule has 18 heavy (non-hydrogen) atoms. The maximum atomic E-state index is 12.3. The molecule has 0 aromatic carbocycles. The van der Waals surface area contributed by atoms with Crippen LogP contribution in [0.3, 0.4) is 0 Å². The van der Waals surface area contributed by atoms with Gasteiger partial charge in [-0.15, -0.1) is 0 Å². The van der Waals surface area contributed by atoms with Crippen LogP contribution >= 0.6 is 0 Å². The summed E-state index contributed by atoms with van der Waals surface area (Å²) < 4.78 is 0. The van der Waals surface area contributed by atoms with Crippen LogP contribution in [0.25, 0.3) is 0 Å². The fourth-order valence-corrected chi connectivity index (χ4v) is 3.52. The molecular weight excluding hydrogens is 226 g/mol. The molecule has 0 aromatic heterocycles. The van der Waals surface area contributed by atoms with Crippen molar-refractivity contribution in [2.45, 2.75) is 45.6 Å². The maximum Gasteiger partial charge on any atom is 0.239 e. The standard InChI is InChI=1S/C14H27N3O/c1-10(2)12(16)13(18)17-6-5-14(9-17)4-3-11(7-14)8-15/h10-12H,3-9,15-16H2,1-2H3. The monoisotopic (exact) mass is 253 g/mol. The second-order valence-electron chi connectivity index (χ2n) is 6.62. The third kappa shape index (κ3) is 2.54. The molecule has 2 rings (SSSR count). The van der Waals surface area contributed by atoms with E-state index in [9.17, 15) is 4.79 Å². The van der Waals surface area contributed by atoms with Crippen molar-refractivity contribution in [1.82, 2.24) is 4.90 Å². The smallest absolute Gasteiger partial charge is 0.239 e. The van der Waals surface area contributed by atoms with Crippen LogP contribution in [0.4, 0.5) is 0 Å². The first kappa shape index (κ1) is 13.8. The molecule has 3 unspecified atom stereocenters. The largest absolute Gasteiger partial charge is 0.341 e. The van der Waals surface area contributed by atoms with Crippen LogP contribution in [-0.2, 0) is 4.79 Å². The van der Waals surface area contributed by atoms with Gasteiger partial charge in [0.15, 0.2) is 0 Å². The maximum absolute atomic E-state index is 12.3. The number of carbonyl (C=O) groups is 1. The molecule has 1 aliphatic carbocycles. The van der Waals surface area contributed by atoms with E-state index < -0.39 is 0 Å². The van der Waals surface area contributed by atoms with Gasteiger partial charge in [0.1, 0.15) is 0 Å². The van der Waals surface area contributed by atoms with E-state index in [1.807, 2.05) is 18.7 Å². The number of amides is 1. The van der Waals surface area contributed by atoms with Crippen LogP contribution in [0.2, 0.25) is 0 Å². The summed E-state index contributed by atoms with van der Waals surface area (Å²) in [5.41, 5.74) is 12.1. The van der Waals surface area contributed by atoms with E-state index in [1.54, 1.807) is 0 Å². The molecule has 104 valence electrons. The van der Waals surface area contributed by atoms with Gasteiger partial charge < -0.3 is 16.4 Å². The average molecular weight is 253 g/mol. The second-order valence-corrected chi connectivity index (χ2v) is 6.62. The first-order valence-corrected chi connectivity index (χ1v) is 7.22. The van der Waals surface area contributed by atoms with E-state index in [2.05, 4.69) is 0 Å². The zero-order valence-corrected chi connectivity index (χ0v) is 11.7. The molecular formula is C14H27N3O. The molecule has 0 aromatic rings. The fraction of sp³-hybridized carbons (Fsp3) is 0.929. The van der Waals surface area contributed by atoms with Crippen molar-refractivity contribution in [3.63, 3.8) is 0 Å². The van der Waals surface area contributed by atoms with Gasteiger partial charge in [-0.3, -0.25) is 4.79 Å². The minimum Gasteiger partial charge on any atom is -0.341 e. The predicted molar refractivity (Wildman–Crippen MR) is 72.8 cm³/mol. The Balaban J connectivity index is 1.94. The second kappa shape index (κ2) is 5.17. The SMILES string of the molecule is CC(C)C(N)C(=O)N1CCC2(CCC(CN)C2)C1. The van der Waals surface area contributed by atoms with Gasteiger partial charge in [0.2, 0.25) is 5.91 Å². The summed E-state index contributed by atoms with van der Waals surface area (Å²) in [6, 6.07) is -0.341. The first-order chi connectivity index (χ1) is 8.47. The first-order valence-electron chi connectivity index (χ1n) is 7.22. The van der Waals surface area contributed by atoms with Gasteiger partial charge in [0, 0.05) is 13.1 Å². The molecule has 2 aliphatic rings. The van der Waals surface area contributed by atoms with Crippen LogP contribution in [0.5, 0.6) is 0 Å². The van der Waals surface area contributed by atoms with E-state index >= 15 is 0 Å². The lowest BCUT2D eigenvalue weighted by atomic mass is 9.84. The molecule has 0 radical (unpaired) electrons. The highest BCUT2D eigenvalue weighted by Gasteiger charge is 2.45. The lowest BCUT2D eigenvalue weighted by Gasteiger charge is -2.26. The lowest BCUT2D eigenvalue weighted by molar-refractivity contribution is -0.132. The Bertz CT molecular complexity index is 318. The van der Waals surface area contributed by atoms with Gasteiger partial charge in [-0.05, 0) is 49.5 Å². The molecule has 1 heterocycles. The molecule has 1 aliphatic heterocycles. The zero-order chi connectivity index (χ0) is 13.3. The van der Waals surface area contributed by atoms with E-state index in [4.69, 9.17) is 11.5 Å². The van der Waals surface area contributed by atoms with E-state index in [-0.39, 0.29) is 17.9 Å². The Morgan fingerprint density at radius 3 is 2.72 bits per heavy atom. The van der Waals surface area contributed by atoms with Gasteiger partial charge in [-0.2, -0.15) is 0 Å². The van der Waals surface area contributed by atoms with Crippen molar-refractivity contribution in [1.29, 1.82) is 0 Å². The average Bonchev–Trinajstić information content (AvgIpc) is 2.95. The molecule has 0 bridgehead atoms. The Kier molecular flexibility index (Phi) is 3.97. The van der Waals surface area contributed by atoms with Crippen LogP contribution in [0.1, 0.15) is 39.5 Å². The molecule has 2 fully saturated rings. The van der Waals surface area contributed by atoms with E-state index in [1.165, 1.54) is 19.3 Å². The quantitative estimate of drug-likeness (QED) is 0.786. The Hall–Kier alpha value is -0.610. The summed E-state index contributed by atoms with van der Waals surface area (Å²) in [6.07, 6.45) is 4.80. The molecule has 1 amide bonds. The summed E-state index contributed by atoms with van der Waals surface area (Å²) in [6.45, 7) is 6.60. The molecule has 1 spiro atoms. The van der Waals surface area contributed by atoms with Gasteiger partial charge in [-0.1, -0.05) is 13.8 Å². The third-order valence-corrected chi connectivity index (χ3v) is 4.89. The highest BCUT2D eigenvalue weighted by molar-refractivity contribution is 5.82. The van der Waals surface area contributed by atoms with Gasteiger partial charge >= 0.3 is 0 Å². The summed E-state index contributed by atoms with van der Waals surface area (Å²) in [5.74, 6) is 1.02. The van der Waals surface area contributed by atoms with Crippen LogP contribution in [-0.4, -0.2) is 36.5 Å². The minimum absolute atomic E-state index is 0.137. The highest BCUT2D eigenvalue weighted by Crippen LogP contribution is 2.47. The normalized spacial score (nSPS) is 33.6. The number of hydrogen-bond donors (Lipinski definition) is 2. The van der Waals surface area contributed by atoms with Crippen LogP contribution in [0.15, 0.2) is 0 Å². The summed E-state index contributed by atoms with van der Waals surface area (Å²) in [5, 5.41) is 0. The van der Waals surface area contributed by atoms with Crippen molar-refractivity contribution in [3.8, 4) is 0 Å². The van der Waals surface area contributed by atoms with Crippen molar-refractivity contribution in [3.05, 3.63) is 0 Å². The summed E-state index contributed by atoms with van der Waals surface area (Å²) in [4.78, 5) is 14.2. The highest BCUT2D eigenvalue weighted by atomic mass is 16.2. The van der Waals surface area contributed by atoms with Gasteiger partial charge in [-0.25, -0.2) is 0 Å². The van der Waals surface area contributed by atoms with Gasteiger partial charge in [0.05, 0.1) is 6.04 Å². The van der Waals surface area contributed by atoms with Crippen molar-refractivity contribution >= 4 is 5.91 Å². The van der Waals surface area contributed by atoms with E-state index in [0.717, 1.165) is 26.1 Å². The molecule has 4 N–H and O–H groups in total. The zero-order valence-electron chi connectivity index (χ0n) is 11.7. The van der Waals surface area contributed by atoms with Crippen molar-refractivity contribution in [2.24, 2.45) is 28.7 Å². The fourth-order valence-electron chi connectivity index (χ4n) is 3.52. The Labute approximate surface area is 110 Å². The number of likely N-dealkylation sites (tertiary alicyclic amines) is 1.